The second kappa shape index (κ2) is 5.13. The van der Waals surface area contributed by atoms with Crippen LogP contribution in [0.2, 0.25) is 0 Å². The van der Waals surface area contributed by atoms with E-state index in [9.17, 15) is 9.90 Å². The molecule has 104 valence electrons. The van der Waals surface area contributed by atoms with E-state index in [2.05, 4.69) is 10.3 Å². The van der Waals surface area contributed by atoms with Crippen LogP contribution in [0.5, 0.6) is 5.75 Å². The lowest BCUT2D eigenvalue weighted by Gasteiger charge is -2.11. The molecule has 0 bridgehead atoms. The smallest absolute Gasteiger partial charge is 0.358 e. The summed E-state index contributed by atoms with van der Waals surface area (Å²) in [6.07, 6.45) is 0. The molecule has 5 heteroatoms. The third-order valence-electron chi connectivity index (χ3n) is 3.12. The van der Waals surface area contributed by atoms with Crippen LogP contribution in [0, 0.1) is 0 Å². The Morgan fingerprint density at radius 1 is 0.952 bits per heavy atom. The van der Waals surface area contributed by atoms with Crippen molar-refractivity contribution in [2.75, 3.05) is 5.32 Å². The molecule has 1 aromatic heterocycles. The molecule has 0 unspecified atom stereocenters. The monoisotopic (exact) mass is 280 g/mol. The Kier molecular flexibility index (Phi) is 3.16. The number of fused-ring (bicyclic) bond motifs is 1. The fourth-order valence-electron chi connectivity index (χ4n) is 2.15. The molecule has 0 saturated heterocycles. The Morgan fingerprint density at radius 3 is 2.24 bits per heavy atom. The molecule has 21 heavy (non-hydrogen) atoms. The van der Waals surface area contributed by atoms with Gasteiger partial charge in [-0.15, -0.1) is 0 Å². The number of hydrogen-bond acceptors (Lipinski definition) is 4. The molecule has 2 aromatic carbocycles. The summed E-state index contributed by atoms with van der Waals surface area (Å²) in [4.78, 5) is 15.3. The van der Waals surface area contributed by atoms with Crippen molar-refractivity contribution in [3.63, 3.8) is 0 Å². The third-order valence-corrected chi connectivity index (χ3v) is 3.12. The number of nitrogens with zero attached hydrogens (tertiary/aromatic N) is 1. The van der Waals surface area contributed by atoms with E-state index in [4.69, 9.17) is 5.11 Å². The number of carbonyl (C=O) groups is 1. The van der Waals surface area contributed by atoms with E-state index >= 15 is 0 Å². The second-order valence-electron chi connectivity index (χ2n) is 4.50. The van der Waals surface area contributed by atoms with Crippen LogP contribution < -0.4 is 5.32 Å². The van der Waals surface area contributed by atoms with Gasteiger partial charge in [-0.25, -0.2) is 9.78 Å². The first-order valence-electron chi connectivity index (χ1n) is 6.34. The molecule has 3 rings (SSSR count). The van der Waals surface area contributed by atoms with Gasteiger partial charge in [0.25, 0.3) is 0 Å². The van der Waals surface area contributed by atoms with Crippen molar-refractivity contribution < 1.29 is 15.0 Å². The summed E-state index contributed by atoms with van der Waals surface area (Å²) in [6.45, 7) is 0. The Morgan fingerprint density at radius 2 is 1.57 bits per heavy atom. The first-order valence-corrected chi connectivity index (χ1v) is 6.34. The molecular formula is C16H12N2O3. The number of carboxylic acid groups (broad SMARTS) is 1. The van der Waals surface area contributed by atoms with Gasteiger partial charge in [0.05, 0.1) is 0 Å². The maximum absolute atomic E-state index is 11.2. The quantitative estimate of drug-likeness (QED) is 0.685. The predicted molar refractivity (Wildman–Crippen MR) is 80.1 cm³/mol. The molecule has 5 nitrogen and oxygen atoms in total. The Hall–Kier alpha value is -3.08. The van der Waals surface area contributed by atoms with Gasteiger partial charge in [-0.2, -0.15) is 0 Å². The molecular weight excluding hydrogens is 268 g/mol. The lowest BCUT2D eigenvalue weighted by molar-refractivity contribution is 0.0687. The molecule has 0 aliphatic rings. The van der Waals surface area contributed by atoms with Crippen molar-refractivity contribution in [3.05, 3.63) is 60.3 Å². The largest absolute Gasteiger partial charge is 0.505 e. The number of pyridine rings is 1. The lowest BCUT2D eigenvalue weighted by atomic mass is 10.1. The van der Waals surface area contributed by atoms with E-state index in [0.29, 0.717) is 16.6 Å². The van der Waals surface area contributed by atoms with Gasteiger partial charge in [-0.1, -0.05) is 42.5 Å². The van der Waals surface area contributed by atoms with Crippen molar-refractivity contribution in [1.82, 2.24) is 4.98 Å². The molecule has 0 spiro atoms. The van der Waals surface area contributed by atoms with Gasteiger partial charge < -0.3 is 15.5 Å². The fourth-order valence-corrected chi connectivity index (χ4v) is 2.15. The minimum atomic E-state index is -1.27. The van der Waals surface area contributed by atoms with Crippen molar-refractivity contribution in [1.29, 1.82) is 0 Å². The van der Waals surface area contributed by atoms with Crippen molar-refractivity contribution >= 4 is 28.2 Å². The zero-order valence-electron chi connectivity index (χ0n) is 10.9. The molecule has 0 fully saturated rings. The van der Waals surface area contributed by atoms with Gasteiger partial charge in [-0.3, -0.25) is 0 Å². The van der Waals surface area contributed by atoms with Crippen LogP contribution in [-0.2, 0) is 0 Å². The van der Waals surface area contributed by atoms with Crippen LogP contribution in [0.15, 0.2) is 54.6 Å². The highest BCUT2D eigenvalue weighted by Crippen LogP contribution is 2.33. The van der Waals surface area contributed by atoms with E-state index in [1.165, 1.54) is 0 Å². The molecule has 0 atom stereocenters. The number of nitrogens with one attached hydrogen (secondary N) is 1. The van der Waals surface area contributed by atoms with E-state index in [-0.39, 0.29) is 11.4 Å². The SMILES string of the molecule is O=C(O)c1nc(Nc2ccccc2)c2ccccc2c1O. The maximum Gasteiger partial charge on any atom is 0.358 e. The first-order chi connectivity index (χ1) is 10.2. The first kappa shape index (κ1) is 12.9. The van der Waals surface area contributed by atoms with Crippen LogP contribution in [0.4, 0.5) is 11.5 Å². The maximum atomic E-state index is 11.2. The summed E-state index contributed by atoms with van der Waals surface area (Å²) in [5, 5.41) is 23.4. The standard InChI is InChI=1S/C16H12N2O3/c19-14-11-8-4-5-9-12(11)15(18-13(14)16(20)21)17-10-6-2-1-3-7-10/h1-9,19H,(H,17,18)(H,20,21). The van der Waals surface area contributed by atoms with Gasteiger partial charge in [0, 0.05) is 16.5 Å². The van der Waals surface area contributed by atoms with Crippen molar-refractivity contribution in [2.24, 2.45) is 0 Å². The van der Waals surface area contributed by atoms with Crippen LogP contribution in [0.3, 0.4) is 0 Å². The number of hydrogen-bond donors (Lipinski definition) is 3. The molecule has 0 saturated carbocycles. The average molecular weight is 280 g/mol. The highest BCUT2D eigenvalue weighted by molar-refractivity contribution is 6.03. The normalized spacial score (nSPS) is 10.5. The zero-order valence-corrected chi connectivity index (χ0v) is 10.9. The van der Waals surface area contributed by atoms with Crippen molar-refractivity contribution in [2.45, 2.75) is 0 Å². The molecule has 1 heterocycles. The molecule has 0 amide bonds. The molecule has 0 aliphatic carbocycles. The summed E-state index contributed by atoms with van der Waals surface area (Å²) in [7, 11) is 0. The van der Waals surface area contributed by atoms with Crippen LogP contribution in [0.1, 0.15) is 10.5 Å². The van der Waals surface area contributed by atoms with Gasteiger partial charge in [0.15, 0.2) is 11.4 Å². The Balaban J connectivity index is 2.21. The summed E-state index contributed by atoms with van der Waals surface area (Å²) in [5.41, 5.74) is 0.421. The number of aromatic nitrogens is 1. The summed E-state index contributed by atoms with van der Waals surface area (Å²) in [5.74, 6) is -1.20. The number of carboxylic acids is 1. The van der Waals surface area contributed by atoms with Crippen LogP contribution in [-0.4, -0.2) is 21.2 Å². The predicted octanol–water partition coefficient (Wildman–Crippen LogP) is 3.38. The fraction of sp³-hybridized carbons (Fsp3) is 0. The Bertz CT molecular complexity index is 816. The minimum Gasteiger partial charge on any atom is -0.505 e. The van der Waals surface area contributed by atoms with Crippen LogP contribution >= 0.6 is 0 Å². The number of aromatic hydroxyl groups is 1. The molecule has 3 aromatic rings. The van der Waals surface area contributed by atoms with E-state index in [0.717, 1.165) is 5.69 Å². The van der Waals surface area contributed by atoms with E-state index in [1.54, 1.807) is 24.3 Å². The van der Waals surface area contributed by atoms with E-state index in [1.807, 2.05) is 30.3 Å². The number of anilines is 2. The summed E-state index contributed by atoms with van der Waals surface area (Å²) in [6, 6.07) is 16.3. The number of benzene rings is 2. The summed E-state index contributed by atoms with van der Waals surface area (Å²) >= 11 is 0. The minimum absolute atomic E-state index is 0.322. The van der Waals surface area contributed by atoms with Gasteiger partial charge in [0.1, 0.15) is 5.82 Å². The van der Waals surface area contributed by atoms with Gasteiger partial charge in [-0.05, 0) is 12.1 Å². The van der Waals surface area contributed by atoms with Gasteiger partial charge in [0.2, 0.25) is 0 Å². The third kappa shape index (κ3) is 2.36. The average Bonchev–Trinajstić information content (AvgIpc) is 2.51. The highest BCUT2D eigenvalue weighted by Gasteiger charge is 2.18. The number of para-hydroxylation sites is 1. The van der Waals surface area contributed by atoms with E-state index < -0.39 is 5.97 Å². The Labute approximate surface area is 120 Å². The number of rotatable bonds is 3. The second-order valence-corrected chi connectivity index (χ2v) is 4.50. The zero-order chi connectivity index (χ0) is 14.8. The molecule has 0 aliphatic heterocycles. The highest BCUT2D eigenvalue weighted by atomic mass is 16.4. The molecule has 3 N–H and O–H groups in total. The van der Waals surface area contributed by atoms with Crippen molar-refractivity contribution in [3.8, 4) is 5.75 Å². The molecule has 0 radical (unpaired) electrons. The number of aromatic carboxylic acids is 1. The lowest BCUT2D eigenvalue weighted by Crippen LogP contribution is -2.05. The topological polar surface area (TPSA) is 82.5 Å². The van der Waals surface area contributed by atoms with Crippen LogP contribution in [0.25, 0.3) is 10.8 Å². The van der Waals surface area contributed by atoms with Gasteiger partial charge >= 0.3 is 5.97 Å². The summed E-state index contributed by atoms with van der Waals surface area (Å²) < 4.78 is 0.